The molecule has 9 heteroatoms. The second-order valence-corrected chi connectivity index (χ2v) is 8.13. The quantitative estimate of drug-likeness (QED) is 0.681. The minimum Gasteiger partial charge on any atom is -0.341 e. The van der Waals surface area contributed by atoms with Crippen LogP contribution in [0.15, 0.2) is 12.4 Å². The Morgan fingerprint density at radius 3 is 2.38 bits per heavy atom. The third-order valence-corrected chi connectivity index (χ3v) is 5.63. The van der Waals surface area contributed by atoms with E-state index < -0.39 is 6.04 Å². The van der Waals surface area contributed by atoms with Gasteiger partial charge < -0.3 is 9.80 Å². The molecule has 2 aliphatic heterocycles. The summed E-state index contributed by atoms with van der Waals surface area (Å²) in [6, 6.07) is -1.06. The molecule has 0 aromatic carbocycles. The zero-order chi connectivity index (χ0) is 21.1. The van der Waals surface area contributed by atoms with Gasteiger partial charge in [-0.3, -0.25) is 19.4 Å². The van der Waals surface area contributed by atoms with E-state index in [-0.39, 0.29) is 24.3 Å². The average Bonchev–Trinajstić information content (AvgIpc) is 2.89. The van der Waals surface area contributed by atoms with Crippen LogP contribution < -0.4 is 0 Å². The molecule has 0 saturated carbocycles. The summed E-state index contributed by atoms with van der Waals surface area (Å²) in [5.41, 5.74) is 1.06. The number of aromatic nitrogens is 2. The minimum absolute atomic E-state index is 0.0376. The van der Waals surface area contributed by atoms with Gasteiger partial charge in [-0.15, -0.1) is 0 Å². The minimum atomic E-state index is -0.698. The fourth-order valence-electron chi connectivity index (χ4n) is 3.75. The third-order valence-electron chi connectivity index (χ3n) is 5.63. The van der Waals surface area contributed by atoms with Crippen molar-refractivity contribution < 1.29 is 14.4 Å². The van der Waals surface area contributed by atoms with Crippen LogP contribution in [0.3, 0.4) is 0 Å². The summed E-state index contributed by atoms with van der Waals surface area (Å²) < 4.78 is 0. The average molecular weight is 402 g/mol. The summed E-state index contributed by atoms with van der Waals surface area (Å²) >= 11 is 0. The van der Waals surface area contributed by atoms with Gasteiger partial charge >= 0.3 is 6.03 Å². The SMILES string of the molecule is CC(C)c1ncc(CN2CCCN(C(=O)CC3C(=O)N(C)C(=O)N3C)CC2)cn1. The Morgan fingerprint density at radius 2 is 1.79 bits per heavy atom. The number of hydrogen-bond donors (Lipinski definition) is 0. The molecule has 0 bridgehead atoms. The highest BCUT2D eigenvalue weighted by atomic mass is 16.2. The first-order valence-electron chi connectivity index (χ1n) is 10.1. The molecule has 2 saturated heterocycles. The fourth-order valence-corrected chi connectivity index (χ4v) is 3.75. The molecule has 3 heterocycles. The van der Waals surface area contributed by atoms with Gasteiger partial charge in [0.1, 0.15) is 11.9 Å². The molecule has 0 aliphatic carbocycles. The summed E-state index contributed by atoms with van der Waals surface area (Å²) in [4.78, 5) is 52.2. The van der Waals surface area contributed by atoms with Crippen LogP contribution in [-0.2, 0) is 16.1 Å². The van der Waals surface area contributed by atoms with Gasteiger partial charge in [-0.25, -0.2) is 14.8 Å². The Hall–Kier alpha value is -2.55. The topological polar surface area (TPSA) is 90.0 Å². The standard InChI is InChI=1S/C20H30N6O3/c1-14(2)18-21-11-15(12-22-18)13-25-6-5-7-26(9-8-25)17(27)10-16-19(28)24(4)20(29)23(16)3/h11-12,14,16H,5-10,13H2,1-4H3. The first-order chi connectivity index (χ1) is 13.8. The molecule has 1 atom stereocenters. The molecule has 1 unspecified atom stereocenters. The largest absolute Gasteiger partial charge is 0.341 e. The van der Waals surface area contributed by atoms with E-state index >= 15 is 0 Å². The van der Waals surface area contributed by atoms with Crippen molar-refractivity contribution in [1.82, 2.24) is 29.6 Å². The third kappa shape index (κ3) is 4.72. The molecule has 2 fully saturated rings. The van der Waals surface area contributed by atoms with Gasteiger partial charge in [0.25, 0.3) is 5.91 Å². The van der Waals surface area contributed by atoms with Crippen molar-refractivity contribution in [2.75, 3.05) is 40.3 Å². The number of carbonyl (C=O) groups is 3. The normalized spacial score (nSPS) is 21.3. The zero-order valence-electron chi connectivity index (χ0n) is 17.7. The molecule has 0 radical (unpaired) electrons. The van der Waals surface area contributed by atoms with Crippen molar-refractivity contribution in [3.63, 3.8) is 0 Å². The molecule has 1 aromatic rings. The lowest BCUT2D eigenvalue weighted by atomic mass is 10.1. The first-order valence-corrected chi connectivity index (χ1v) is 10.1. The van der Waals surface area contributed by atoms with Crippen molar-refractivity contribution in [3.05, 3.63) is 23.8 Å². The van der Waals surface area contributed by atoms with E-state index in [4.69, 9.17) is 0 Å². The predicted octanol–water partition coefficient (Wildman–Crippen LogP) is 0.917. The summed E-state index contributed by atoms with van der Waals surface area (Å²) in [6.45, 7) is 7.80. The van der Waals surface area contributed by atoms with Gasteiger partial charge in [-0.05, 0) is 6.42 Å². The molecule has 2 aliphatic rings. The molecule has 3 rings (SSSR count). The highest BCUT2D eigenvalue weighted by Crippen LogP contribution is 2.18. The van der Waals surface area contributed by atoms with Gasteiger partial charge in [0.05, 0.1) is 6.42 Å². The molecule has 29 heavy (non-hydrogen) atoms. The second-order valence-electron chi connectivity index (χ2n) is 8.13. The molecule has 4 amide bonds. The highest BCUT2D eigenvalue weighted by molar-refractivity contribution is 6.05. The zero-order valence-corrected chi connectivity index (χ0v) is 17.7. The summed E-state index contributed by atoms with van der Waals surface area (Å²) in [5, 5.41) is 0. The first kappa shape index (κ1) is 21.2. The van der Waals surface area contributed by atoms with E-state index in [9.17, 15) is 14.4 Å². The highest BCUT2D eigenvalue weighted by Gasteiger charge is 2.42. The number of amides is 4. The number of rotatable bonds is 5. The molecule has 1 aromatic heterocycles. The van der Waals surface area contributed by atoms with Gasteiger partial charge in [0.15, 0.2) is 0 Å². The lowest BCUT2D eigenvalue weighted by Crippen LogP contribution is -2.41. The van der Waals surface area contributed by atoms with E-state index in [1.54, 1.807) is 7.05 Å². The van der Waals surface area contributed by atoms with Crippen LogP contribution in [0.25, 0.3) is 0 Å². The van der Waals surface area contributed by atoms with Crippen LogP contribution in [0.1, 0.15) is 44.0 Å². The predicted molar refractivity (Wildman–Crippen MR) is 107 cm³/mol. The molecule has 9 nitrogen and oxygen atoms in total. The number of hydrogen-bond acceptors (Lipinski definition) is 6. The van der Waals surface area contributed by atoms with Crippen LogP contribution in [-0.4, -0.2) is 93.7 Å². The van der Waals surface area contributed by atoms with E-state index in [2.05, 4.69) is 28.7 Å². The van der Waals surface area contributed by atoms with E-state index in [0.717, 1.165) is 42.3 Å². The molecular weight excluding hydrogens is 372 g/mol. The van der Waals surface area contributed by atoms with Crippen molar-refractivity contribution in [1.29, 1.82) is 0 Å². The Balaban J connectivity index is 1.53. The van der Waals surface area contributed by atoms with E-state index in [1.807, 2.05) is 17.3 Å². The maximum absolute atomic E-state index is 12.8. The Labute approximate surface area is 171 Å². The second kappa shape index (κ2) is 8.86. The van der Waals surface area contributed by atoms with Crippen molar-refractivity contribution >= 4 is 17.8 Å². The monoisotopic (exact) mass is 402 g/mol. The van der Waals surface area contributed by atoms with E-state index in [0.29, 0.717) is 19.0 Å². The lowest BCUT2D eigenvalue weighted by Gasteiger charge is -2.24. The molecular formula is C20H30N6O3. The molecule has 158 valence electrons. The number of carbonyl (C=O) groups excluding carboxylic acids is 3. The van der Waals surface area contributed by atoms with Crippen molar-refractivity contribution in [3.8, 4) is 0 Å². The van der Waals surface area contributed by atoms with Crippen molar-refractivity contribution in [2.45, 2.75) is 45.2 Å². The number of imide groups is 1. The van der Waals surface area contributed by atoms with Gasteiger partial charge in [0.2, 0.25) is 5.91 Å². The maximum Gasteiger partial charge on any atom is 0.326 e. The van der Waals surface area contributed by atoms with Crippen LogP contribution >= 0.6 is 0 Å². The summed E-state index contributed by atoms with van der Waals surface area (Å²) in [6.07, 6.45) is 4.66. The number of likely N-dealkylation sites (N-methyl/N-ethyl adjacent to an activating group) is 2. The Bertz CT molecular complexity index is 766. The van der Waals surface area contributed by atoms with Crippen LogP contribution in [0, 0.1) is 0 Å². The molecule has 0 N–H and O–H groups in total. The Kier molecular flexibility index (Phi) is 6.46. The summed E-state index contributed by atoms with van der Waals surface area (Å²) in [5.74, 6) is 0.761. The number of urea groups is 1. The van der Waals surface area contributed by atoms with Gasteiger partial charge in [0, 0.05) is 70.7 Å². The fraction of sp³-hybridized carbons (Fsp3) is 0.650. The number of nitrogens with zero attached hydrogens (tertiary/aromatic N) is 6. The van der Waals surface area contributed by atoms with E-state index in [1.165, 1.54) is 11.9 Å². The van der Waals surface area contributed by atoms with Crippen LogP contribution in [0.5, 0.6) is 0 Å². The van der Waals surface area contributed by atoms with Crippen LogP contribution in [0.4, 0.5) is 4.79 Å². The smallest absolute Gasteiger partial charge is 0.326 e. The lowest BCUT2D eigenvalue weighted by molar-refractivity contribution is -0.136. The molecule has 0 spiro atoms. The van der Waals surface area contributed by atoms with Gasteiger partial charge in [-0.2, -0.15) is 0 Å². The Morgan fingerprint density at radius 1 is 1.10 bits per heavy atom. The van der Waals surface area contributed by atoms with Gasteiger partial charge in [-0.1, -0.05) is 13.8 Å². The summed E-state index contributed by atoms with van der Waals surface area (Å²) in [7, 11) is 3.02. The van der Waals surface area contributed by atoms with Crippen molar-refractivity contribution in [2.24, 2.45) is 0 Å². The van der Waals surface area contributed by atoms with Crippen LogP contribution in [0.2, 0.25) is 0 Å². The maximum atomic E-state index is 12.8.